The van der Waals surface area contributed by atoms with Crippen LogP contribution >= 0.6 is 11.3 Å². The minimum Gasteiger partial charge on any atom is -0.421 e. The molecule has 0 aliphatic rings. The summed E-state index contributed by atoms with van der Waals surface area (Å²) in [6.45, 7) is 2.61. The Hall–Kier alpha value is -4.04. The van der Waals surface area contributed by atoms with E-state index in [0.717, 1.165) is 27.9 Å². The van der Waals surface area contributed by atoms with E-state index in [2.05, 4.69) is 28.5 Å². The van der Waals surface area contributed by atoms with Gasteiger partial charge in [0.15, 0.2) is 0 Å². The standard InChI is InChI=1S/C26H23N5O2S/c1-18-7-5-6-10-21(18)22-15-23(31(30-22)16-19-8-3-2-4-9-19)27-24(32)11-12-25-28-29-26(33-25)20-13-14-34-17-20/h2-10,13-15,17H,11-12,16H2,1H3,(H,27,32). The average Bonchev–Trinajstić information content (AvgIpc) is 3.61. The lowest BCUT2D eigenvalue weighted by molar-refractivity contribution is -0.116. The van der Waals surface area contributed by atoms with Gasteiger partial charge in [0.2, 0.25) is 17.7 Å². The zero-order valence-corrected chi connectivity index (χ0v) is 19.5. The van der Waals surface area contributed by atoms with Crippen LogP contribution in [0.25, 0.3) is 22.7 Å². The van der Waals surface area contributed by atoms with Crippen LogP contribution in [0.15, 0.2) is 81.9 Å². The van der Waals surface area contributed by atoms with Crippen LogP contribution in [0.2, 0.25) is 0 Å². The van der Waals surface area contributed by atoms with Crippen molar-refractivity contribution in [1.82, 2.24) is 20.0 Å². The number of carbonyl (C=O) groups is 1. The van der Waals surface area contributed by atoms with Crippen molar-refractivity contribution in [3.8, 4) is 22.7 Å². The molecular weight excluding hydrogens is 446 g/mol. The fourth-order valence-corrected chi connectivity index (χ4v) is 4.30. The number of carbonyl (C=O) groups excluding carboxylic acids is 1. The summed E-state index contributed by atoms with van der Waals surface area (Å²) >= 11 is 1.57. The normalized spacial score (nSPS) is 11.0. The number of hydrogen-bond acceptors (Lipinski definition) is 6. The first-order chi connectivity index (χ1) is 16.7. The van der Waals surface area contributed by atoms with Crippen LogP contribution in [-0.4, -0.2) is 25.9 Å². The van der Waals surface area contributed by atoms with E-state index in [9.17, 15) is 4.79 Å². The van der Waals surface area contributed by atoms with Gasteiger partial charge in [0.1, 0.15) is 5.82 Å². The number of anilines is 1. The number of thiophene rings is 1. The third kappa shape index (κ3) is 4.97. The second-order valence-electron chi connectivity index (χ2n) is 7.93. The molecule has 1 N–H and O–H groups in total. The average molecular weight is 470 g/mol. The molecule has 5 aromatic rings. The van der Waals surface area contributed by atoms with E-state index in [1.165, 1.54) is 0 Å². The van der Waals surface area contributed by atoms with Crippen LogP contribution in [0.1, 0.15) is 23.4 Å². The van der Waals surface area contributed by atoms with E-state index in [4.69, 9.17) is 9.52 Å². The zero-order chi connectivity index (χ0) is 23.3. The van der Waals surface area contributed by atoms with Gasteiger partial charge in [-0.1, -0.05) is 54.6 Å². The Morgan fingerprint density at radius 1 is 1.06 bits per heavy atom. The van der Waals surface area contributed by atoms with Gasteiger partial charge in [-0.3, -0.25) is 4.79 Å². The highest BCUT2D eigenvalue weighted by molar-refractivity contribution is 7.08. The predicted octanol–water partition coefficient (Wildman–Crippen LogP) is 5.59. The molecule has 0 saturated carbocycles. The fourth-order valence-electron chi connectivity index (χ4n) is 3.67. The van der Waals surface area contributed by atoms with Gasteiger partial charge < -0.3 is 9.73 Å². The topological polar surface area (TPSA) is 85.8 Å². The van der Waals surface area contributed by atoms with Gasteiger partial charge in [0, 0.05) is 35.4 Å². The molecule has 0 fully saturated rings. The number of nitrogens with one attached hydrogen (secondary N) is 1. The zero-order valence-electron chi connectivity index (χ0n) is 18.6. The molecule has 0 radical (unpaired) electrons. The van der Waals surface area contributed by atoms with Crippen molar-refractivity contribution in [2.75, 3.05) is 5.32 Å². The van der Waals surface area contributed by atoms with Gasteiger partial charge in [-0.25, -0.2) is 4.68 Å². The van der Waals surface area contributed by atoms with Crippen LogP contribution in [0.3, 0.4) is 0 Å². The summed E-state index contributed by atoms with van der Waals surface area (Å²) in [7, 11) is 0. The Bertz CT molecular complexity index is 1390. The van der Waals surface area contributed by atoms with E-state index in [0.29, 0.717) is 30.6 Å². The predicted molar refractivity (Wildman–Crippen MR) is 133 cm³/mol. The van der Waals surface area contributed by atoms with Gasteiger partial charge in [0.25, 0.3) is 0 Å². The van der Waals surface area contributed by atoms with Gasteiger partial charge >= 0.3 is 0 Å². The van der Waals surface area contributed by atoms with Crippen LogP contribution in [0.5, 0.6) is 0 Å². The molecule has 7 nitrogen and oxygen atoms in total. The number of nitrogens with zero attached hydrogens (tertiary/aromatic N) is 4. The maximum absolute atomic E-state index is 12.8. The van der Waals surface area contributed by atoms with Crippen LogP contribution in [0.4, 0.5) is 5.82 Å². The summed E-state index contributed by atoms with van der Waals surface area (Å²) in [5.41, 5.74) is 4.98. The number of aromatic nitrogens is 4. The lowest BCUT2D eigenvalue weighted by Gasteiger charge is -2.08. The van der Waals surface area contributed by atoms with Crippen molar-refractivity contribution in [3.63, 3.8) is 0 Å². The third-order valence-corrected chi connectivity index (χ3v) is 6.13. The van der Waals surface area contributed by atoms with Gasteiger partial charge in [-0.15, -0.1) is 10.2 Å². The molecule has 3 aromatic heterocycles. The molecule has 2 aromatic carbocycles. The number of hydrogen-bond donors (Lipinski definition) is 1. The highest BCUT2D eigenvalue weighted by Gasteiger charge is 2.15. The highest BCUT2D eigenvalue weighted by atomic mass is 32.1. The number of aryl methyl sites for hydroxylation is 2. The number of rotatable bonds is 8. The van der Waals surface area contributed by atoms with Crippen molar-refractivity contribution >= 4 is 23.1 Å². The highest BCUT2D eigenvalue weighted by Crippen LogP contribution is 2.26. The maximum atomic E-state index is 12.8. The number of benzene rings is 2. The maximum Gasteiger partial charge on any atom is 0.248 e. The molecule has 8 heteroatoms. The molecule has 0 atom stereocenters. The minimum atomic E-state index is -0.138. The van der Waals surface area contributed by atoms with E-state index >= 15 is 0 Å². The molecule has 1 amide bonds. The largest absolute Gasteiger partial charge is 0.421 e. The fraction of sp³-hybridized carbons (Fsp3) is 0.154. The third-order valence-electron chi connectivity index (χ3n) is 5.44. The molecule has 34 heavy (non-hydrogen) atoms. The first kappa shape index (κ1) is 21.8. The minimum absolute atomic E-state index is 0.138. The molecule has 0 unspecified atom stereocenters. The molecule has 0 spiro atoms. The van der Waals surface area contributed by atoms with Crippen LogP contribution < -0.4 is 5.32 Å². The first-order valence-corrected chi connectivity index (χ1v) is 11.9. The van der Waals surface area contributed by atoms with Crippen molar-refractivity contribution in [2.45, 2.75) is 26.3 Å². The second kappa shape index (κ2) is 9.84. The summed E-state index contributed by atoms with van der Waals surface area (Å²) in [4.78, 5) is 12.8. The Balaban J connectivity index is 1.32. The van der Waals surface area contributed by atoms with Gasteiger partial charge in [0.05, 0.1) is 12.2 Å². The summed E-state index contributed by atoms with van der Waals surface area (Å²) < 4.78 is 7.52. The lowest BCUT2D eigenvalue weighted by atomic mass is 10.1. The van der Waals surface area contributed by atoms with Gasteiger partial charge in [-0.2, -0.15) is 16.4 Å². The summed E-state index contributed by atoms with van der Waals surface area (Å²) in [6, 6.07) is 22.0. The Labute approximate surface area is 201 Å². The molecule has 0 bridgehead atoms. The number of amides is 1. The molecule has 0 aliphatic heterocycles. The van der Waals surface area contributed by atoms with Crippen molar-refractivity contribution in [1.29, 1.82) is 0 Å². The first-order valence-electron chi connectivity index (χ1n) is 11.0. The van der Waals surface area contributed by atoms with Crippen molar-refractivity contribution in [2.24, 2.45) is 0 Å². The van der Waals surface area contributed by atoms with E-state index in [1.54, 1.807) is 11.3 Å². The molecule has 0 aliphatic carbocycles. The summed E-state index contributed by atoms with van der Waals surface area (Å²) in [5.74, 6) is 1.42. The van der Waals surface area contributed by atoms with Crippen molar-refractivity contribution < 1.29 is 9.21 Å². The SMILES string of the molecule is Cc1ccccc1-c1cc(NC(=O)CCc2nnc(-c3ccsc3)o2)n(Cc2ccccc2)n1. The monoisotopic (exact) mass is 469 g/mol. The quantitative estimate of drug-likeness (QED) is 0.320. The smallest absolute Gasteiger partial charge is 0.248 e. The summed E-state index contributed by atoms with van der Waals surface area (Å²) in [5, 5.41) is 19.9. The molecule has 3 heterocycles. The molecule has 0 saturated heterocycles. The van der Waals surface area contributed by atoms with Crippen LogP contribution in [0, 0.1) is 6.92 Å². The second-order valence-corrected chi connectivity index (χ2v) is 8.71. The van der Waals surface area contributed by atoms with Crippen molar-refractivity contribution in [3.05, 3.63) is 94.5 Å². The Morgan fingerprint density at radius 3 is 2.68 bits per heavy atom. The molecule has 5 rings (SSSR count). The Kier molecular flexibility index (Phi) is 6.31. The lowest BCUT2D eigenvalue weighted by Crippen LogP contribution is -2.16. The van der Waals surface area contributed by atoms with E-state index < -0.39 is 0 Å². The van der Waals surface area contributed by atoms with E-state index in [1.807, 2.05) is 76.1 Å². The molecule has 170 valence electrons. The molecular formula is C26H23N5O2S. The summed E-state index contributed by atoms with van der Waals surface area (Å²) in [6.07, 6.45) is 0.585. The van der Waals surface area contributed by atoms with Crippen LogP contribution in [-0.2, 0) is 17.8 Å². The van der Waals surface area contributed by atoms with Gasteiger partial charge in [-0.05, 0) is 29.5 Å². The Morgan fingerprint density at radius 2 is 1.88 bits per heavy atom. The van der Waals surface area contributed by atoms with E-state index in [-0.39, 0.29) is 12.3 Å².